The largest absolute Gasteiger partial charge is 0.337 e. The van der Waals surface area contributed by atoms with E-state index in [-0.39, 0.29) is 11.5 Å². The van der Waals surface area contributed by atoms with E-state index in [9.17, 15) is 9.59 Å². The van der Waals surface area contributed by atoms with Gasteiger partial charge in [-0.05, 0) is 60.2 Å². The highest BCUT2D eigenvalue weighted by Crippen LogP contribution is 2.21. The summed E-state index contributed by atoms with van der Waals surface area (Å²) in [6, 6.07) is 15.2. The molecule has 0 aliphatic carbocycles. The van der Waals surface area contributed by atoms with E-state index in [1.165, 1.54) is 17.2 Å². The number of carbonyl (C=O) groups is 1. The number of aromatic amines is 1. The van der Waals surface area contributed by atoms with Gasteiger partial charge in [0.05, 0.1) is 0 Å². The Kier molecular flexibility index (Phi) is 8.80. The molecule has 0 saturated heterocycles. The summed E-state index contributed by atoms with van der Waals surface area (Å²) >= 11 is 5.91. The number of pyridine rings is 2. The highest BCUT2D eigenvalue weighted by molar-refractivity contribution is 6.29. The number of carbonyl (C=O) groups excluding carboxylic acids is 1. The van der Waals surface area contributed by atoms with E-state index in [2.05, 4.69) is 29.1 Å². The van der Waals surface area contributed by atoms with Crippen LogP contribution in [0.4, 0.5) is 0 Å². The quantitative estimate of drug-likeness (QED) is 0.434. The first kappa shape index (κ1) is 24.7. The van der Waals surface area contributed by atoms with E-state index in [4.69, 9.17) is 11.6 Å². The van der Waals surface area contributed by atoms with Gasteiger partial charge in [0.2, 0.25) is 5.56 Å². The number of aromatic nitrogens is 2. The van der Waals surface area contributed by atoms with Crippen molar-refractivity contribution in [3.8, 4) is 0 Å². The summed E-state index contributed by atoms with van der Waals surface area (Å²) < 4.78 is 0. The van der Waals surface area contributed by atoms with Gasteiger partial charge in [-0.25, -0.2) is 4.98 Å². The van der Waals surface area contributed by atoms with Crippen molar-refractivity contribution in [2.75, 3.05) is 13.6 Å². The summed E-state index contributed by atoms with van der Waals surface area (Å²) in [5.74, 6) is 0.278. The summed E-state index contributed by atoms with van der Waals surface area (Å²) in [6.07, 6.45) is 5.37. The molecule has 1 aromatic carbocycles. The Labute approximate surface area is 200 Å². The van der Waals surface area contributed by atoms with Gasteiger partial charge in [0.15, 0.2) is 0 Å². The lowest BCUT2D eigenvalue weighted by molar-refractivity contribution is 0.0785. The molecule has 3 rings (SSSR count). The highest BCUT2D eigenvalue weighted by atomic mass is 35.5. The zero-order valence-corrected chi connectivity index (χ0v) is 20.1. The lowest BCUT2D eigenvalue weighted by atomic mass is 9.92. The first-order chi connectivity index (χ1) is 15.9. The van der Waals surface area contributed by atoms with Crippen LogP contribution >= 0.6 is 11.6 Å². The van der Waals surface area contributed by atoms with Crippen LogP contribution in [-0.4, -0.2) is 40.4 Å². The van der Waals surface area contributed by atoms with Crippen molar-refractivity contribution in [3.05, 3.63) is 98.7 Å². The van der Waals surface area contributed by atoms with Crippen LogP contribution in [0.25, 0.3) is 0 Å². The molecule has 1 unspecified atom stereocenters. The summed E-state index contributed by atoms with van der Waals surface area (Å²) in [4.78, 5) is 32.4. The molecule has 2 atom stereocenters. The van der Waals surface area contributed by atoms with Crippen LogP contribution in [0.15, 0.2) is 65.7 Å². The van der Waals surface area contributed by atoms with Crippen molar-refractivity contribution in [1.82, 2.24) is 20.2 Å². The Morgan fingerprint density at radius 3 is 2.45 bits per heavy atom. The standard InChI is InChI=1S/C26H31ClN4O2/c1-4-23(18(2)22-10-11-24(27)29-16-22)28-14-13-19-5-8-21(9-6-19)26(33)31(3)17-20-7-12-25(32)30-15-20/h5-12,15-16,18,23,28H,4,13-14,17H2,1-3H3,(H,30,32)/t18?,23-/m1/s1. The number of benzene rings is 1. The van der Waals surface area contributed by atoms with Crippen LogP contribution in [0, 0.1) is 0 Å². The third-order valence-corrected chi connectivity index (χ3v) is 6.18. The summed E-state index contributed by atoms with van der Waals surface area (Å²) in [7, 11) is 1.76. The molecule has 3 aromatic rings. The van der Waals surface area contributed by atoms with Crippen molar-refractivity contribution in [2.45, 2.75) is 45.2 Å². The van der Waals surface area contributed by atoms with Crippen LogP contribution in [0.3, 0.4) is 0 Å². The summed E-state index contributed by atoms with van der Waals surface area (Å²) in [5, 5.41) is 4.17. The first-order valence-electron chi connectivity index (χ1n) is 11.2. The molecule has 0 aliphatic heterocycles. The molecule has 33 heavy (non-hydrogen) atoms. The molecule has 0 spiro atoms. The molecule has 174 valence electrons. The molecule has 2 N–H and O–H groups in total. The van der Waals surface area contributed by atoms with Crippen LogP contribution in [-0.2, 0) is 13.0 Å². The SMILES string of the molecule is CC[C@@H](NCCc1ccc(C(=O)N(C)Cc2ccc(=O)[nH]c2)cc1)C(C)c1ccc(Cl)nc1. The fourth-order valence-electron chi connectivity index (χ4n) is 3.89. The molecule has 0 radical (unpaired) electrons. The maximum absolute atomic E-state index is 12.7. The molecule has 1 amide bonds. The molecule has 0 bridgehead atoms. The van der Waals surface area contributed by atoms with Gasteiger partial charge in [-0.15, -0.1) is 0 Å². The number of hydrogen-bond acceptors (Lipinski definition) is 4. The Hall–Kier alpha value is -2.96. The predicted octanol–water partition coefficient (Wildman–Crippen LogP) is 4.41. The van der Waals surface area contributed by atoms with Gasteiger partial charge in [0.1, 0.15) is 5.15 Å². The number of rotatable bonds is 10. The summed E-state index contributed by atoms with van der Waals surface area (Å²) in [6.45, 7) is 5.67. The smallest absolute Gasteiger partial charge is 0.253 e. The molecule has 0 saturated carbocycles. The van der Waals surface area contributed by atoms with Crippen molar-refractivity contribution < 1.29 is 4.79 Å². The maximum Gasteiger partial charge on any atom is 0.253 e. The first-order valence-corrected chi connectivity index (χ1v) is 11.6. The van der Waals surface area contributed by atoms with Crippen molar-refractivity contribution in [3.63, 3.8) is 0 Å². The molecule has 2 aromatic heterocycles. The van der Waals surface area contributed by atoms with E-state index in [0.717, 1.165) is 24.9 Å². The van der Waals surface area contributed by atoms with Gasteiger partial charge in [0.25, 0.3) is 5.91 Å². The average Bonchev–Trinajstić information content (AvgIpc) is 2.83. The highest BCUT2D eigenvalue weighted by Gasteiger charge is 2.17. The van der Waals surface area contributed by atoms with E-state index < -0.39 is 0 Å². The Bertz CT molecular complexity index is 1080. The van der Waals surface area contributed by atoms with Gasteiger partial charge in [0, 0.05) is 43.7 Å². The topological polar surface area (TPSA) is 78.1 Å². The van der Waals surface area contributed by atoms with Gasteiger partial charge in [-0.3, -0.25) is 9.59 Å². The van der Waals surface area contributed by atoms with E-state index in [1.54, 1.807) is 24.2 Å². The second-order valence-electron chi connectivity index (χ2n) is 8.34. The maximum atomic E-state index is 12.7. The average molecular weight is 467 g/mol. The Morgan fingerprint density at radius 1 is 1.12 bits per heavy atom. The van der Waals surface area contributed by atoms with Crippen molar-refractivity contribution in [2.24, 2.45) is 0 Å². The van der Waals surface area contributed by atoms with Gasteiger partial charge in [-0.1, -0.05) is 49.7 Å². The number of nitrogens with zero attached hydrogens (tertiary/aromatic N) is 2. The molecule has 2 heterocycles. The molecular weight excluding hydrogens is 436 g/mol. The lowest BCUT2D eigenvalue weighted by Gasteiger charge is -2.24. The predicted molar refractivity (Wildman–Crippen MR) is 133 cm³/mol. The van der Waals surface area contributed by atoms with Crippen molar-refractivity contribution >= 4 is 17.5 Å². The second-order valence-corrected chi connectivity index (χ2v) is 8.73. The molecule has 0 fully saturated rings. The van der Waals surface area contributed by atoms with Gasteiger partial charge in [-0.2, -0.15) is 0 Å². The van der Waals surface area contributed by atoms with Crippen LogP contribution in [0.1, 0.15) is 53.2 Å². The fourth-order valence-corrected chi connectivity index (χ4v) is 4.00. The van der Waals surface area contributed by atoms with E-state index in [0.29, 0.717) is 29.2 Å². The minimum Gasteiger partial charge on any atom is -0.337 e. The molecule has 0 aliphatic rings. The zero-order valence-electron chi connectivity index (χ0n) is 19.3. The number of amides is 1. The Balaban J connectivity index is 1.51. The van der Waals surface area contributed by atoms with E-state index >= 15 is 0 Å². The van der Waals surface area contributed by atoms with Crippen molar-refractivity contribution in [1.29, 1.82) is 0 Å². The fraction of sp³-hybridized carbons (Fsp3) is 0.346. The monoisotopic (exact) mass is 466 g/mol. The number of hydrogen-bond donors (Lipinski definition) is 2. The van der Waals surface area contributed by atoms with E-state index in [1.807, 2.05) is 42.6 Å². The minimum atomic E-state index is -0.153. The molecular formula is C26H31ClN4O2. The minimum absolute atomic E-state index is 0.0534. The Morgan fingerprint density at radius 2 is 1.85 bits per heavy atom. The lowest BCUT2D eigenvalue weighted by Crippen LogP contribution is -2.34. The van der Waals surface area contributed by atoms with Crippen LogP contribution < -0.4 is 10.9 Å². The van der Waals surface area contributed by atoms with Crippen LogP contribution in [0.5, 0.6) is 0 Å². The second kappa shape index (κ2) is 11.8. The zero-order chi connectivity index (χ0) is 23.8. The number of H-pyrrole nitrogens is 1. The third kappa shape index (κ3) is 7.01. The number of halogens is 1. The van der Waals surface area contributed by atoms with Gasteiger partial charge >= 0.3 is 0 Å². The van der Waals surface area contributed by atoms with Gasteiger partial charge < -0.3 is 15.2 Å². The third-order valence-electron chi connectivity index (χ3n) is 5.96. The normalized spacial score (nSPS) is 12.8. The number of nitrogens with one attached hydrogen (secondary N) is 2. The summed E-state index contributed by atoms with van der Waals surface area (Å²) in [5.41, 5.74) is 3.72. The molecule has 7 heteroatoms. The molecule has 6 nitrogen and oxygen atoms in total. The van der Waals surface area contributed by atoms with Crippen LogP contribution in [0.2, 0.25) is 5.15 Å².